The Bertz CT molecular complexity index is 1030. The number of halogens is 2. The zero-order chi connectivity index (χ0) is 18.9. The highest BCUT2D eigenvalue weighted by molar-refractivity contribution is 7.92. The molecule has 5 nitrogen and oxygen atoms in total. The van der Waals surface area contributed by atoms with Gasteiger partial charge in [0.1, 0.15) is 22.2 Å². The number of aromatic nitrogens is 2. The second-order valence-electron chi connectivity index (χ2n) is 6.01. The highest BCUT2D eigenvalue weighted by Gasteiger charge is 2.25. The molecule has 0 saturated carbocycles. The number of nitrogens with one attached hydrogen (secondary N) is 1. The van der Waals surface area contributed by atoms with Gasteiger partial charge in [-0.1, -0.05) is 30.3 Å². The van der Waals surface area contributed by atoms with Crippen LogP contribution in [0, 0.1) is 11.6 Å². The van der Waals surface area contributed by atoms with E-state index in [2.05, 4.69) is 9.82 Å². The molecule has 0 amide bonds. The van der Waals surface area contributed by atoms with E-state index in [1.807, 2.05) is 13.8 Å². The van der Waals surface area contributed by atoms with E-state index in [-0.39, 0.29) is 16.6 Å². The first-order valence-electron chi connectivity index (χ1n) is 7.90. The third-order valence-electron chi connectivity index (χ3n) is 3.74. The Kier molecular flexibility index (Phi) is 4.78. The summed E-state index contributed by atoms with van der Waals surface area (Å²) in [5, 5.41) is 4.36. The lowest BCUT2D eigenvalue weighted by Gasteiger charge is -2.09. The molecule has 136 valence electrons. The van der Waals surface area contributed by atoms with Gasteiger partial charge in [-0.15, -0.1) is 0 Å². The van der Waals surface area contributed by atoms with Crippen LogP contribution in [-0.2, 0) is 10.0 Å². The number of hydrogen-bond acceptors (Lipinski definition) is 3. The van der Waals surface area contributed by atoms with Crippen LogP contribution in [0.1, 0.15) is 19.9 Å². The summed E-state index contributed by atoms with van der Waals surface area (Å²) in [4.78, 5) is -0.110. The summed E-state index contributed by atoms with van der Waals surface area (Å²) in [5.41, 5.74) is 0.386. The number of anilines is 1. The van der Waals surface area contributed by atoms with Gasteiger partial charge in [0.2, 0.25) is 0 Å². The molecule has 8 heteroatoms. The summed E-state index contributed by atoms with van der Waals surface area (Å²) < 4.78 is 56.5. The van der Waals surface area contributed by atoms with Crippen LogP contribution in [0.2, 0.25) is 0 Å². The maximum absolute atomic E-state index is 13.9. The van der Waals surface area contributed by atoms with Crippen molar-refractivity contribution in [2.24, 2.45) is 0 Å². The van der Waals surface area contributed by atoms with Crippen molar-refractivity contribution in [1.82, 2.24) is 9.78 Å². The summed E-state index contributed by atoms with van der Waals surface area (Å²) in [7, 11) is -4.18. The van der Waals surface area contributed by atoms with Crippen molar-refractivity contribution in [2.45, 2.75) is 24.8 Å². The fraction of sp³-hybridized carbons (Fsp3) is 0.167. The second kappa shape index (κ2) is 6.87. The molecular weight excluding hydrogens is 360 g/mol. The minimum absolute atomic E-state index is 0.0766. The Morgan fingerprint density at radius 1 is 1.08 bits per heavy atom. The van der Waals surface area contributed by atoms with Crippen LogP contribution in [0.3, 0.4) is 0 Å². The SMILES string of the molecule is CC(C)n1cc(S(=O)(=O)Nc2cc(F)ccc2F)c(-c2ccccc2)n1. The van der Waals surface area contributed by atoms with Crippen molar-refractivity contribution in [2.75, 3.05) is 4.72 Å². The van der Waals surface area contributed by atoms with E-state index in [0.717, 1.165) is 18.2 Å². The van der Waals surface area contributed by atoms with Crippen LogP contribution in [0.25, 0.3) is 11.3 Å². The molecule has 0 aliphatic heterocycles. The third kappa shape index (κ3) is 3.60. The minimum Gasteiger partial charge on any atom is -0.276 e. The van der Waals surface area contributed by atoms with Crippen molar-refractivity contribution in [3.8, 4) is 11.3 Å². The molecular formula is C18H17F2N3O2S. The minimum atomic E-state index is -4.18. The third-order valence-corrected chi connectivity index (χ3v) is 5.10. The lowest BCUT2D eigenvalue weighted by atomic mass is 10.2. The summed E-state index contributed by atoms with van der Waals surface area (Å²) in [5.74, 6) is -1.61. The van der Waals surface area contributed by atoms with Crippen molar-refractivity contribution in [3.63, 3.8) is 0 Å². The molecule has 0 atom stereocenters. The first-order chi connectivity index (χ1) is 12.3. The van der Waals surface area contributed by atoms with Gasteiger partial charge >= 0.3 is 0 Å². The number of rotatable bonds is 5. The van der Waals surface area contributed by atoms with Gasteiger partial charge in [-0.2, -0.15) is 5.10 Å². The lowest BCUT2D eigenvalue weighted by molar-refractivity contribution is 0.532. The van der Waals surface area contributed by atoms with E-state index in [4.69, 9.17) is 0 Å². The molecule has 0 spiro atoms. The molecule has 2 aromatic carbocycles. The summed E-state index contributed by atoms with van der Waals surface area (Å²) in [6, 6.07) is 11.3. The fourth-order valence-electron chi connectivity index (χ4n) is 2.41. The van der Waals surface area contributed by atoms with Crippen molar-refractivity contribution in [1.29, 1.82) is 0 Å². The Hall–Kier alpha value is -2.74. The van der Waals surface area contributed by atoms with Gasteiger partial charge in [-0.3, -0.25) is 9.40 Å². The van der Waals surface area contributed by atoms with Gasteiger partial charge in [-0.05, 0) is 26.0 Å². The van der Waals surface area contributed by atoms with Crippen LogP contribution in [0.4, 0.5) is 14.5 Å². The fourth-order valence-corrected chi connectivity index (χ4v) is 3.62. The average molecular weight is 377 g/mol. The first kappa shape index (κ1) is 18.1. The molecule has 0 bridgehead atoms. The Morgan fingerprint density at radius 2 is 1.77 bits per heavy atom. The molecule has 26 heavy (non-hydrogen) atoms. The van der Waals surface area contributed by atoms with Gasteiger partial charge < -0.3 is 0 Å². The highest BCUT2D eigenvalue weighted by Crippen LogP contribution is 2.29. The second-order valence-corrected chi connectivity index (χ2v) is 7.66. The number of sulfonamides is 1. The van der Waals surface area contributed by atoms with Crippen LogP contribution < -0.4 is 4.72 Å². The molecule has 0 aliphatic carbocycles. The van der Waals surface area contributed by atoms with Gasteiger partial charge in [0.15, 0.2) is 0 Å². The standard InChI is InChI=1S/C18H17F2N3O2S/c1-12(2)23-11-17(18(21-23)13-6-4-3-5-7-13)26(24,25)22-16-10-14(19)8-9-15(16)20/h3-12,22H,1-2H3. The van der Waals surface area contributed by atoms with Crippen molar-refractivity contribution >= 4 is 15.7 Å². The van der Waals surface area contributed by atoms with Gasteiger partial charge in [0.25, 0.3) is 10.0 Å². The predicted molar refractivity (Wildman–Crippen MR) is 95.2 cm³/mol. The number of hydrogen-bond donors (Lipinski definition) is 1. The zero-order valence-electron chi connectivity index (χ0n) is 14.1. The van der Waals surface area contributed by atoms with Crippen LogP contribution >= 0.6 is 0 Å². The van der Waals surface area contributed by atoms with E-state index in [0.29, 0.717) is 5.56 Å². The van der Waals surface area contributed by atoms with Crippen LogP contribution in [-0.4, -0.2) is 18.2 Å². The molecule has 3 aromatic rings. The quantitative estimate of drug-likeness (QED) is 0.724. The van der Waals surface area contributed by atoms with E-state index in [9.17, 15) is 17.2 Å². The summed E-state index contributed by atoms with van der Waals surface area (Å²) in [6.07, 6.45) is 1.38. The van der Waals surface area contributed by atoms with E-state index >= 15 is 0 Å². The molecule has 3 rings (SSSR count). The molecule has 1 heterocycles. The predicted octanol–water partition coefficient (Wildman–Crippen LogP) is 4.21. The van der Waals surface area contributed by atoms with Crippen LogP contribution in [0.15, 0.2) is 59.6 Å². The Balaban J connectivity index is 2.11. The average Bonchev–Trinajstić information content (AvgIpc) is 3.05. The van der Waals surface area contributed by atoms with Gasteiger partial charge in [-0.25, -0.2) is 17.2 Å². The topological polar surface area (TPSA) is 64.0 Å². The maximum atomic E-state index is 13.9. The first-order valence-corrected chi connectivity index (χ1v) is 9.38. The Labute approximate surface area is 150 Å². The number of nitrogens with zero attached hydrogens (tertiary/aromatic N) is 2. The van der Waals surface area contributed by atoms with Crippen LogP contribution in [0.5, 0.6) is 0 Å². The summed E-state index contributed by atoms with van der Waals surface area (Å²) >= 11 is 0. The molecule has 1 aromatic heterocycles. The van der Waals surface area contributed by atoms with E-state index < -0.39 is 27.3 Å². The number of benzene rings is 2. The zero-order valence-corrected chi connectivity index (χ0v) is 15.0. The van der Waals surface area contributed by atoms with E-state index in [1.165, 1.54) is 10.9 Å². The van der Waals surface area contributed by atoms with Crippen molar-refractivity contribution < 1.29 is 17.2 Å². The van der Waals surface area contributed by atoms with Gasteiger partial charge in [0.05, 0.1) is 5.69 Å². The molecule has 0 unspecified atom stereocenters. The lowest BCUT2D eigenvalue weighted by Crippen LogP contribution is -2.14. The Morgan fingerprint density at radius 3 is 2.42 bits per heavy atom. The van der Waals surface area contributed by atoms with E-state index in [1.54, 1.807) is 30.3 Å². The molecule has 0 saturated heterocycles. The molecule has 1 N–H and O–H groups in total. The summed E-state index contributed by atoms with van der Waals surface area (Å²) in [6.45, 7) is 3.72. The smallest absolute Gasteiger partial charge is 0.265 e. The normalized spacial score (nSPS) is 11.7. The monoisotopic (exact) mass is 377 g/mol. The molecule has 0 radical (unpaired) electrons. The van der Waals surface area contributed by atoms with Gasteiger partial charge in [0, 0.05) is 23.9 Å². The molecule has 0 aliphatic rings. The highest BCUT2D eigenvalue weighted by atomic mass is 32.2. The largest absolute Gasteiger partial charge is 0.276 e. The molecule has 0 fully saturated rings. The maximum Gasteiger partial charge on any atom is 0.265 e. The van der Waals surface area contributed by atoms with Crippen molar-refractivity contribution in [3.05, 3.63) is 66.4 Å².